The second-order valence-corrected chi connectivity index (χ2v) is 9.66. The smallest absolute Gasteiger partial charge is 0.374 e. The van der Waals surface area contributed by atoms with Gasteiger partial charge < -0.3 is 19.2 Å². The summed E-state index contributed by atoms with van der Waals surface area (Å²) in [6.07, 6.45) is 2.46. The second-order valence-electron chi connectivity index (χ2n) is 7.06. The number of nitrogens with one attached hydrogen (secondary N) is 1. The third-order valence-electron chi connectivity index (χ3n) is 4.64. The van der Waals surface area contributed by atoms with E-state index in [0.29, 0.717) is 16.5 Å². The Morgan fingerprint density at radius 2 is 2.00 bits per heavy atom. The SMILES string of the molecule is CCOC(=O)c1c(NC(=O)COC(=O)c2ccc(S(N)(=O)=O)o2)sc2c1CCC(C)C2. The molecule has 0 spiro atoms. The van der Waals surface area contributed by atoms with E-state index in [1.54, 1.807) is 6.92 Å². The zero-order chi connectivity index (χ0) is 22.8. The third kappa shape index (κ3) is 5.32. The third-order valence-corrected chi connectivity index (χ3v) is 6.59. The highest BCUT2D eigenvalue weighted by molar-refractivity contribution is 7.89. The fourth-order valence-corrected chi connectivity index (χ4v) is 5.08. The topological polar surface area (TPSA) is 155 Å². The van der Waals surface area contributed by atoms with Crippen LogP contribution in [-0.2, 0) is 37.1 Å². The number of hydrogen-bond acceptors (Lipinski definition) is 9. The van der Waals surface area contributed by atoms with Crippen molar-refractivity contribution in [3.05, 3.63) is 33.9 Å². The van der Waals surface area contributed by atoms with Gasteiger partial charge in [0.25, 0.3) is 15.9 Å². The first-order valence-electron chi connectivity index (χ1n) is 9.51. The van der Waals surface area contributed by atoms with Crippen LogP contribution in [0.5, 0.6) is 0 Å². The molecule has 0 aliphatic heterocycles. The van der Waals surface area contributed by atoms with Crippen LogP contribution in [0.4, 0.5) is 5.00 Å². The van der Waals surface area contributed by atoms with Crippen LogP contribution in [-0.4, -0.2) is 39.5 Å². The molecule has 0 saturated carbocycles. The molecule has 1 amide bonds. The lowest BCUT2D eigenvalue weighted by Gasteiger charge is -2.18. The van der Waals surface area contributed by atoms with Crippen LogP contribution in [0, 0.1) is 5.92 Å². The van der Waals surface area contributed by atoms with Crippen LogP contribution in [0.2, 0.25) is 0 Å². The summed E-state index contributed by atoms with van der Waals surface area (Å²) in [5.41, 5.74) is 1.23. The number of amides is 1. The summed E-state index contributed by atoms with van der Waals surface area (Å²) < 4.78 is 37.2. The van der Waals surface area contributed by atoms with Crippen LogP contribution in [0.15, 0.2) is 21.6 Å². The first kappa shape index (κ1) is 23.0. The molecule has 3 rings (SSSR count). The van der Waals surface area contributed by atoms with Crippen molar-refractivity contribution >= 4 is 44.2 Å². The molecule has 12 heteroatoms. The number of hydrogen-bond donors (Lipinski definition) is 2. The van der Waals surface area contributed by atoms with E-state index in [4.69, 9.17) is 19.0 Å². The van der Waals surface area contributed by atoms with Crippen molar-refractivity contribution < 1.29 is 36.7 Å². The van der Waals surface area contributed by atoms with Gasteiger partial charge in [-0.05, 0) is 49.8 Å². The van der Waals surface area contributed by atoms with Crippen molar-refractivity contribution in [2.24, 2.45) is 11.1 Å². The van der Waals surface area contributed by atoms with Gasteiger partial charge in [-0.1, -0.05) is 6.92 Å². The molecule has 10 nitrogen and oxygen atoms in total. The summed E-state index contributed by atoms with van der Waals surface area (Å²) in [7, 11) is -4.11. The molecule has 2 aromatic heterocycles. The van der Waals surface area contributed by atoms with E-state index in [0.717, 1.165) is 41.8 Å². The van der Waals surface area contributed by atoms with Crippen LogP contribution >= 0.6 is 11.3 Å². The lowest BCUT2D eigenvalue weighted by molar-refractivity contribution is -0.119. The normalized spacial score (nSPS) is 15.8. The Morgan fingerprint density at radius 1 is 1.26 bits per heavy atom. The molecule has 0 fully saturated rings. The van der Waals surface area contributed by atoms with Gasteiger partial charge in [0, 0.05) is 4.88 Å². The fourth-order valence-electron chi connectivity index (χ4n) is 3.21. The number of thiophene rings is 1. The Kier molecular flexibility index (Phi) is 6.82. The summed E-state index contributed by atoms with van der Waals surface area (Å²) >= 11 is 1.31. The molecular formula is C19H22N2O8S2. The number of ether oxygens (including phenoxy) is 2. The minimum atomic E-state index is -4.11. The molecule has 1 aliphatic rings. The molecule has 2 heterocycles. The minimum absolute atomic E-state index is 0.203. The monoisotopic (exact) mass is 470 g/mol. The van der Waals surface area contributed by atoms with Gasteiger partial charge in [-0.3, -0.25) is 4.79 Å². The van der Waals surface area contributed by atoms with Crippen molar-refractivity contribution in [1.29, 1.82) is 0 Å². The molecule has 168 valence electrons. The number of carbonyl (C=O) groups is 3. The maximum atomic E-state index is 12.5. The molecule has 1 aliphatic carbocycles. The maximum absolute atomic E-state index is 12.5. The highest BCUT2D eigenvalue weighted by Crippen LogP contribution is 2.40. The molecule has 1 atom stereocenters. The minimum Gasteiger partial charge on any atom is -0.462 e. The molecule has 2 aromatic rings. The number of esters is 2. The van der Waals surface area contributed by atoms with Crippen molar-refractivity contribution in [1.82, 2.24) is 0 Å². The Hall–Kier alpha value is -2.70. The number of rotatable bonds is 7. The van der Waals surface area contributed by atoms with E-state index < -0.39 is 45.3 Å². The van der Waals surface area contributed by atoms with E-state index in [9.17, 15) is 22.8 Å². The van der Waals surface area contributed by atoms with Gasteiger partial charge in [0.2, 0.25) is 10.9 Å². The van der Waals surface area contributed by atoms with Crippen molar-refractivity contribution in [2.45, 2.75) is 38.2 Å². The molecule has 0 bridgehead atoms. The van der Waals surface area contributed by atoms with Gasteiger partial charge in [-0.2, -0.15) is 0 Å². The van der Waals surface area contributed by atoms with Gasteiger partial charge in [-0.15, -0.1) is 11.3 Å². The van der Waals surface area contributed by atoms with Crippen LogP contribution in [0.25, 0.3) is 0 Å². The average Bonchev–Trinajstić information content (AvgIpc) is 3.30. The highest BCUT2D eigenvalue weighted by atomic mass is 32.2. The lowest BCUT2D eigenvalue weighted by Crippen LogP contribution is -2.22. The van der Waals surface area contributed by atoms with Gasteiger partial charge in [0.15, 0.2) is 6.61 Å². The summed E-state index contributed by atoms with van der Waals surface area (Å²) in [6, 6.07) is 2.09. The van der Waals surface area contributed by atoms with Gasteiger partial charge in [-0.25, -0.2) is 23.1 Å². The molecule has 0 aromatic carbocycles. The van der Waals surface area contributed by atoms with Crippen LogP contribution in [0.3, 0.4) is 0 Å². The first-order chi connectivity index (χ1) is 14.6. The number of sulfonamides is 1. The molecule has 1 unspecified atom stereocenters. The number of fused-ring (bicyclic) bond motifs is 1. The maximum Gasteiger partial charge on any atom is 0.374 e. The van der Waals surface area contributed by atoms with Gasteiger partial charge in [0.05, 0.1) is 12.2 Å². The van der Waals surface area contributed by atoms with E-state index in [-0.39, 0.29) is 6.61 Å². The molecule has 3 N–H and O–H groups in total. The summed E-state index contributed by atoms with van der Waals surface area (Å²) in [6.45, 7) is 3.37. The Labute approximate surface area is 182 Å². The number of anilines is 1. The van der Waals surface area contributed by atoms with Crippen LogP contribution in [0.1, 0.15) is 51.6 Å². The van der Waals surface area contributed by atoms with E-state index in [1.807, 2.05) is 0 Å². The van der Waals surface area contributed by atoms with E-state index >= 15 is 0 Å². The predicted molar refractivity (Wildman–Crippen MR) is 110 cm³/mol. The molecule has 0 radical (unpaired) electrons. The number of carbonyl (C=O) groups excluding carboxylic acids is 3. The summed E-state index contributed by atoms with van der Waals surface area (Å²) in [5.74, 6) is -2.14. The average molecular weight is 471 g/mol. The Morgan fingerprint density at radius 3 is 2.65 bits per heavy atom. The summed E-state index contributed by atoms with van der Waals surface area (Å²) in [5, 5.41) is 7.29. The van der Waals surface area contributed by atoms with Crippen molar-refractivity contribution in [3.63, 3.8) is 0 Å². The fraction of sp³-hybridized carbons (Fsp3) is 0.421. The van der Waals surface area contributed by atoms with E-state index in [2.05, 4.69) is 12.2 Å². The quantitative estimate of drug-likeness (QED) is 0.583. The molecular weight excluding hydrogens is 448 g/mol. The predicted octanol–water partition coefficient (Wildman–Crippen LogP) is 2.09. The standard InChI is InChI=1S/C19H22N2O8S2/c1-3-27-19(24)16-11-5-4-10(2)8-13(11)30-17(16)21-14(22)9-28-18(23)12-6-7-15(29-12)31(20,25)26/h6-7,10H,3-5,8-9H2,1-2H3,(H,21,22)(H2,20,25,26). The zero-order valence-corrected chi connectivity index (χ0v) is 18.6. The van der Waals surface area contributed by atoms with E-state index in [1.165, 1.54) is 11.3 Å². The second kappa shape index (κ2) is 9.20. The number of nitrogens with two attached hydrogens (primary N) is 1. The van der Waals surface area contributed by atoms with Crippen LogP contribution < -0.4 is 10.5 Å². The van der Waals surface area contributed by atoms with Gasteiger partial charge >= 0.3 is 11.9 Å². The highest BCUT2D eigenvalue weighted by Gasteiger charge is 2.29. The number of furan rings is 1. The lowest BCUT2D eigenvalue weighted by atomic mass is 9.88. The summed E-state index contributed by atoms with van der Waals surface area (Å²) in [4.78, 5) is 37.8. The van der Waals surface area contributed by atoms with Crippen molar-refractivity contribution in [3.8, 4) is 0 Å². The van der Waals surface area contributed by atoms with Crippen molar-refractivity contribution in [2.75, 3.05) is 18.5 Å². The Balaban J connectivity index is 1.69. The van der Waals surface area contributed by atoms with Gasteiger partial charge in [0.1, 0.15) is 5.00 Å². The number of primary sulfonamides is 1. The molecule has 31 heavy (non-hydrogen) atoms. The Bertz CT molecular complexity index is 1120. The zero-order valence-electron chi connectivity index (χ0n) is 16.9. The molecule has 0 saturated heterocycles. The first-order valence-corrected chi connectivity index (χ1v) is 11.9. The largest absolute Gasteiger partial charge is 0.462 e.